The van der Waals surface area contributed by atoms with Gasteiger partial charge in [-0.3, -0.25) is 9.69 Å². The van der Waals surface area contributed by atoms with E-state index in [9.17, 15) is 4.79 Å². The summed E-state index contributed by atoms with van der Waals surface area (Å²) in [5, 5.41) is 5.01. The van der Waals surface area contributed by atoms with Gasteiger partial charge in [-0.2, -0.15) is 0 Å². The van der Waals surface area contributed by atoms with Gasteiger partial charge in [0.25, 0.3) is 0 Å². The topological polar surface area (TPSA) is 41.6 Å². The van der Waals surface area contributed by atoms with Crippen molar-refractivity contribution in [3.05, 3.63) is 52.2 Å². The van der Waals surface area contributed by atoms with Crippen molar-refractivity contribution in [3.8, 4) is 5.75 Å². The zero-order valence-electron chi connectivity index (χ0n) is 13.7. The van der Waals surface area contributed by atoms with E-state index in [0.717, 1.165) is 30.8 Å². The molecular weight excluding hydrogens is 308 g/mol. The number of nitrogens with zero attached hydrogens (tertiary/aromatic N) is 1. The molecule has 0 aliphatic rings. The monoisotopic (exact) mass is 332 g/mol. The van der Waals surface area contributed by atoms with Crippen molar-refractivity contribution in [1.82, 2.24) is 10.2 Å². The van der Waals surface area contributed by atoms with Crippen LogP contribution in [0.15, 0.2) is 41.8 Å². The second-order valence-corrected chi connectivity index (χ2v) is 6.42. The number of para-hydroxylation sites is 1. The zero-order valence-corrected chi connectivity index (χ0v) is 14.6. The molecule has 0 saturated heterocycles. The number of hydrogen-bond donors (Lipinski definition) is 1. The van der Waals surface area contributed by atoms with Gasteiger partial charge in [-0.05, 0) is 23.9 Å². The molecule has 0 spiro atoms. The van der Waals surface area contributed by atoms with Gasteiger partial charge >= 0.3 is 0 Å². The van der Waals surface area contributed by atoms with Gasteiger partial charge in [-0.15, -0.1) is 11.3 Å². The molecule has 1 aromatic heterocycles. The Morgan fingerprint density at radius 1 is 1.22 bits per heavy atom. The molecule has 1 amide bonds. The first kappa shape index (κ1) is 17.5. The van der Waals surface area contributed by atoms with Crippen molar-refractivity contribution in [2.45, 2.75) is 26.4 Å². The highest BCUT2D eigenvalue weighted by Gasteiger charge is 2.14. The number of rotatable bonds is 9. The molecule has 124 valence electrons. The number of hydrogen-bond acceptors (Lipinski definition) is 4. The predicted octanol–water partition coefficient (Wildman–Crippen LogP) is 3.29. The van der Waals surface area contributed by atoms with Crippen LogP contribution in [-0.2, 0) is 17.9 Å². The summed E-state index contributed by atoms with van der Waals surface area (Å²) in [5.74, 6) is 0.927. The summed E-state index contributed by atoms with van der Waals surface area (Å²) in [6, 6.07) is 12.1. The summed E-state index contributed by atoms with van der Waals surface area (Å²) in [4.78, 5) is 15.5. The normalized spacial score (nSPS) is 10.7. The number of benzene rings is 1. The van der Waals surface area contributed by atoms with Crippen LogP contribution in [0.5, 0.6) is 5.75 Å². The summed E-state index contributed by atoms with van der Waals surface area (Å²) in [5.41, 5.74) is 1.09. The van der Waals surface area contributed by atoms with E-state index in [1.54, 1.807) is 18.4 Å². The van der Waals surface area contributed by atoms with E-state index >= 15 is 0 Å². The van der Waals surface area contributed by atoms with Crippen molar-refractivity contribution in [2.75, 3.05) is 20.2 Å². The van der Waals surface area contributed by atoms with Crippen LogP contribution in [0.1, 0.15) is 23.8 Å². The molecule has 0 fully saturated rings. The third-order valence-electron chi connectivity index (χ3n) is 3.49. The molecule has 2 rings (SSSR count). The molecule has 1 heterocycles. The van der Waals surface area contributed by atoms with Crippen LogP contribution in [0.4, 0.5) is 0 Å². The first-order valence-corrected chi connectivity index (χ1v) is 8.74. The Balaban J connectivity index is 2.07. The molecule has 0 atom stereocenters. The van der Waals surface area contributed by atoms with Crippen LogP contribution in [0.2, 0.25) is 0 Å². The smallest absolute Gasteiger partial charge is 0.234 e. The van der Waals surface area contributed by atoms with Gasteiger partial charge in [0, 0.05) is 30.1 Å². The van der Waals surface area contributed by atoms with E-state index < -0.39 is 0 Å². The Hall–Kier alpha value is -1.85. The third kappa shape index (κ3) is 5.69. The molecule has 5 heteroatoms. The molecule has 0 aliphatic carbocycles. The van der Waals surface area contributed by atoms with Crippen LogP contribution >= 0.6 is 11.3 Å². The van der Waals surface area contributed by atoms with E-state index in [-0.39, 0.29) is 5.91 Å². The van der Waals surface area contributed by atoms with Gasteiger partial charge in [0.1, 0.15) is 5.75 Å². The van der Waals surface area contributed by atoms with Gasteiger partial charge in [0.05, 0.1) is 13.7 Å². The lowest BCUT2D eigenvalue weighted by Crippen LogP contribution is -2.36. The molecule has 0 radical (unpaired) electrons. The van der Waals surface area contributed by atoms with Crippen molar-refractivity contribution in [3.63, 3.8) is 0 Å². The first-order valence-electron chi connectivity index (χ1n) is 7.86. The fraction of sp³-hybridized carbons (Fsp3) is 0.389. The van der Waals surface area contributed by atoms with Crippen molar-refractivity contribution in [1.29, 1.82) is 0 Å². The van der Waals surface area contributed by atoms with Gasteiger partial charge in [0.2, 0.25) is 5.91 Å². The van der Waals surface area contributed by atoms with Gasteiger partial charge in [-0.1, -0.05) is 31.2 Å². The lowest BCUT2D eigenvalue weighted by atomic mass is 10.2. The van der Waals surface area contributed by atoms with Crippen LogP contribution in [-0.4, -0.2) is 31.0 Å². The Morgan fingerprint density at radius 2 is 2.04 bits per heavy atom. The molecule has 2 aromatic rings. The van der Waals surface area contributed by atoms with Gasteiger partial charge in [0.15, 0.2) is 0 Å². The maximum Gasteiger partial charge on any atom is 0.234 e. The fourth-order valence-electron chi connectivity index (χ4n) is 2.39. The average Bonchev–Trinajstić information content (AvgIpc) is 3.06. The second-order valence-electron chi connectivity index (χ2n) is 5.39. The summed E-state index contributed by atoms with van der Waals surface area (Å²) >= 11 is 1.71. The lowest BCUT2D eigenvalue weighted by Gasteiger charge is -2.22. The lowest BCUT2D eigenvalue weighted by molar-refractivity contribution is -0.122. The first-order chi connectivity index (χ1) is 11.2. The predicted molar refractivity (Wildman–Crippen MR) is 94.7 cm³/mol. The molecule has 23 heavy (non-hydrogen) atoms. The molecule has 0 saturated carbocycles. The number of nitrogens with one attached hydrogen (secondary N) is 1. The van der Waals surface area contributed by atoms with E-state index in [1.807, 2.05) is 30.3 Å². The number of carbonyl (C=O) groups is 1. The van der Waals surface area contributed by atoms with E-state index in [2.05, 4.69) is 28.6 Å². The summed E-state index contributed by atoms with van der Waals surface area (Å²) in [6.45, 7) is 4.60. The zero-order chi connectivity index (χ0) is 16.5. The van der Waals surface area contributed by atoms with E-state index in [4.69, 9.17) is 4.74 Å². The highest BCUT2D eigenvalue weighted by atomic mass is 32.1. The number of amides is 1. The number of carbonyl (C=O) groups excluding carboxylic acids is 1. The van der Waals surface area contributed by atoms with Gasteiger partial charge < -0.3 is 10.1 Å². The number of ether oxygens (including phenoxy) is 1. The summed E-state index contributed by atoms with van der Waals surface area (Å²) < 4.78 is 5.43. The fourth-order valence-corrected chi connectivity index (χ4v) is 3.13. The highest BCUT2D eigenvalue weighted by molar-refractivity contribution is 7.09. The quantitative estimate of drug-likeness (QED) is 0.766. The minimum absolute atomic E-state index is 0.0679. The SMILES string of the molecule is CCCNC(=O)CN(Cc1cccs1)Cc1ccccc1OC. The second kappa shape index (κ2) is 9.33. The number of methoxy groups -OCH3 is 1. The molecule has 1 N–H and O–H groups in total. The Bertz CT molecular complexity index is 599. The molecule has 1 aromatic carbocycles. The molecule has 0 aliphatic heterocycles. The largest absolute Gasteiger partial charge is 0.496 e. The van der Waals surface area contributed by atoms with Crippen LogP contribution in [0, 0.1) is 0 Å². The van der Waals surface area contributed by atoms with Crippen LogP contribution in [0.25, 0.3) is 0 Å². The third-order valence-corrected chi connectivity index (χ3v) is 4.35. The standard InChI is InChI=1S/C18H24N2O2S/c1-3-10-19-18(21)14-20(13-16-8-6-11-23-16)12-15-7-4-5-9-17(15)22-2/h4-9,11H,3,10,12-14H2,1-2H3,(H,19,21). The van der Waals surface area contributed by atoms with Crippen LogP contribution in [0.3, 0.4) is 0 Å². The van der Waals surface area contributed by atoms with Gasteiger partial charge in [-0.25, -0.2) is 0 Å². The highest BCUT2D eigenvalue weighted by Crippen LogP contribution is 2.21. The van der Waals surface area contributed by atoms with E-state index in [1.165, 1.54) is 4.88 Å². The summed E-state index contributed by atoms with van der Waals surface area (Å²) in [6.07, 6.45) is 0.948. The molecular formula is C18H24N2O2S. The van der Waals surface area contributed by atoms with Crippen molar-refractivity contribution < 1.29 is 9.53 Å². The Labute approximate surface area is 142 Å². The Kier molecular flexibility index (Phi) is 7.10. The average molecular weight is 332 g/mol. The maximum atomic E-state index is 12.1. The Morgan fingerprint density at radius 3 is 2.74 bits per heavy atom. The minimum Gasteiger partial charge on any atom is -0.496 e. The molecule has 4 nitrogen and oxygen atoms in total. The molecule has 0 bridgehead atoms. The van der Waals surface area contributed by atoms with E-state index in [0.29, 0.717) is 13.1 Å². The van der Waals surface area contributed by atoms with Crippen molar-refractivity contribution >= 4 is 17.2 Å². The van der Waals surface area contributed by atoms with Crippen LogP contribution < -0.4 is 10.1 Å². The van der Waals surface area contributed by atoms with Crippen molar-refractivity contribution in [2.24, 2.45) is 0 Å². The summed E-state index contributed by atoms with van der Waals surface area (Å²) in [7, 11) is 1.68. The maximum absolute atomic E-state index is 12.1. The molecule has 0 unspecified atom stereocenters. The minimum atomic E-state index is 0.0679. The number of thiophene rings is 1.